The van der Waals surface area contributed by atoms with Crippen molar-refractivity contribution in [3.05, 3.63) is 45.5 Å². The van der Waals surface area contributed by atoms with Crippen molar-refractivity contribution in [2.24, 2.45) is 5.41 Å². The van der Waals surface area contributed by atoms with Gasteiger partial charge in [0.15, 0.2) is 11.6 Å². The average Bonchev–Trinajstić information content (AvgIpc) is 3.31. The fourth-order valence-electron chi connectivity index (χ4n) is 5.16. The van der Waals surface area contributed by atoms with E-state index in [0.717, 1.165) is 15.2 Å². The van der Waals surface area contributed by atoms with Crippen molar-refractivity contribution in [2.45, 2.75) is 67.7 Å². The molecule has 10 nitrogen and oxygen atoms in total. The molecule has 43 heavy (non-hydrogen) atoms. The summed E-state index contributed by atoms with van der Waals surface area (Å²) in [5.74, 6) is -0.320. The van der Waals surface area contributed by atoms with Crippen LogP contribution < -0.4 is 10.1 Å². The highest BCUT2D eigenvalue weighted by atomic mass is 32.1. The molecule has 0 aliphatic heterocycles. The third-order valence-electron chi connectivity index (χ3n) is 7.72. The number of aryl methyl sites for hydroxylation is 1. The number of carbonyl (C=O) groups is 5. The first-order valence-corrected chi connectivity index (χ1v) is 15.3. The van der Waals surface area contributed by atoms with E-state index in [9.17, 15) is 24.0 Å². The van der Waals surface area contributed by atoms with Gasteiger partial charge in [-0.15, -0.1) is 11.3 Å². The Kier molecular flexibility index (Phi) is 11.0. The van der Waals surface area contributed by atoms with E-state index < -0.39 is 11.5 Å². The van der Waals surface area contributed by atoms with Gasteiger partial charge in [0.2, 0.25) is 11.8 Å². The Morgan fingerprint density at radius 1 is 0.977 bits per heavy atom. The van der Waals surface area contributed by atoms with Gasteiger partial charge in [0, 0.05) is 79.8 Å². The summed E-state index contributed by atoms with van der Waals surface area (Å²) in [5.41, 5.74) is 1.55. The zero-order valence-corrected chi connectivity index (χ0v) is 27.2. The van der Waals surface area contributed by atoms with Gasteiger partial charge in [-0.2, -0.15) is 0 Å². The van der Waals surface area contributed by atoms with Crippen LogP contribution in [0.25, 0.3) is 10.2 Å². The summed E-state index contributed by atoms with van der Waals surface area (Å²) in [7, 11) is 1.64. The number of nitrogens with zero attached hydrogens (tertiary/aromatic N) is 3. The van der Waals surface area contributed by atoms with E-state index >= 15 is 0 Å². The first-order valence-electron chi connectivity index (χ1n) is 14.5. The number of Topliss-reactive ketones (excluding diaryl/α,β-unsaturated/α-hetero) is 2. The number of rotatable bonds is 12. The molecule has 3 amide bonds. The maximum Gasteiger partial charge on any atom is 0.415 e. The Morgan fingerprint density at radius 2 is 1.65 bits per heavy atom. The van der Waals surface area contributed by atoms with Crippen LogP contribution in [0.5, 0.6) is 5.75 Å². The lowest BCUT2D eigenvalue weighted by Gasteiger charge is -2.33. The van der Waals surface area contributed by atoms with Crippen LogP contribution in [0.15, 0.2) is 40.5 Å². The fourth-order valence-corrected chi connectivity index (χ4v) is 6.02. The predicted octanol–water partition coefficient (Wildman–Crippen LogP) is 5.00. The Labute approximate surface area is 257 Å². The molecule has 1 aromatic carbocycles. The summed E-state index contributed by atoms with van der Waals surface area (Å²) < 4.78 is 6.59. The molecule has 1 aliphatic carbocycles. The summed E-state index contributed by atoms with van der Waals surface area (Å²) in [4.78, 5) is 71.8. The molecule has 1 heterocycles. The minimum atomic E-state index is -0.872. The molecule has 0 saturated carbocycles. The molecule has 232 valence electrons. The van der Waals surface area contributed by atoms with Gasteiger partial charge in [-0.05, 0) is 53.2 Å². The number of ketones is 2. The van der Waals surface area contributed by atoms with Crippen molar-refractivity contribution in [1.29, 1.82) is 0 Å². The monoisotopic (exact) mass is 610 g/mol. The lowest BCUT2D eigenvalue weighted by atomic mass is 9.71. The average molecular weight is 611 g/mol. The lowest BCUT2D eigenvalue weighted by Crippen LogP contribution is -2.42. The van der Waals surface area contributed by atoms with Crippen LogP contribution in [-0.2, 0) is 19.2 Å². The number of fused-ring (bicyclic) bond motifs is 1. The Bertz CT molecular complexity index is 1500. The van der Waals surface area contributed by atoms with Gasteiger partial charge in [-0.25, -0.2) is 9.78 Å². The molecule has 2 aromatic rings. The van der Waals surface area contributed by atoms with E-state index in [0.29, 0.717) is 41.0 Å². The highest BCUT2D eigenvalue weighted by Crippen LogP contribution is 2.39. The van der Waals surface area contributed by atoms with Crippen LogP contribution in [0.1, 0.15) is 65.8 Å². The van der Waals surface area contributed by atoms with Gasteiger partial charge in [0.05, 0.1) is 15.2 Å². The molecule has 0 saturated heterocycles. The summed E-state index contributed by atoms with van der Waals surface area (Å²) in [6.45, 7) is 13.4. The second-order valence-electron chi connectivity index (χ2n) is 11.6. The van der Waals surface area contributed by atoms with Crippen LogP contribution in [-0.4, -0.2) is 77.5 Å². The number of benzene rings is 1. The van der Waals surface area contributed by atoms with E-state index in [4.69, 9.17) is 4.74 Å². The molecule has 1 N–H and O–H groups in total. The van der Waals surface area contributed by atoms with Crippen molar-refractivity contribution in [3.8, 4) is 5.75 Å². The second-order valence-corrected chi connectivity index (χ2v) is 12.8. The number of amides is 3. The van der Waals surface area contributed by atoms with Gasteiger partial charge < -0.3 is 19.9 Å². The maximum atomic E-state index is 13.3. The Morgan fingerprint density at radius 3 is 2.33 bits per heavy atom. The number of likely N-dealkylation sites (N-methyl/N-ethyl adjacent to an activating group) is 1. The minimum Gasteiger partial charge on any atom is -0.410 e. The molecule has 1 aromatic heterocycles. The van der Waals surface area contributed by atoms with E-state index in [1.165, 1.54) is 21.1 Å². The molecular formula is C32H42N4O6S. The van der Waals surface area contributed by atoms with Crippen molar-refractivity contribution < 1.29 is 28.7 Å². The molecule has 11 heteroatoms. The van der Waals surface area contributed by atoms with Gasteiger partial charge in [0.25, 0.3) is 0 Å². The van der Waals surface area contributed by atoms with Crippen LogP contribution >= 0.6 is 11.3 Å². The zero-order valence-electron chi connectivity index (χ0n) is 26.4. The first-order chi connectivity index (χ1) is 20.2. The van der Waals surface area contributed by atoms with Gasteiger partial charge in [0.1, 0.15) is 5.75 Å². The topological polar surface area (TPSA) is 126 Å². The summed E-state index contributed by atoms with van der Waals surface area (Å²) in [6, 6.07) is 5.26. The molecule has 3 rings (SSSR count). The van der Waals surface area contributed by atoms with Crippen molar-refractivity contribution in [3.63, 3.8) is 0 Å². The number of allylic oxidation sites excluding steroid dienone is 4. The number of carbonyl (C=O) groups excluding carboxylic acids is 5. The third kappa shape index (κ3) is 8.16. The van der Waals surface area contributed by atoms with Crippen LogP contribution in [0.3, 0.4) is 0 Å². The number of ether oxygens (including phenoxy) is 1. The van der Waals surface area contributed by atoms with E-state index in [2.05, 4.69) is 10.3 Å². The van der Waals surface area contributed by atoms with E-state index in [1.807, 2.05) is 13.8 Å². The van der Waals surface area contributed by atoms with Crippen molar-refractivity contribution in [1.82, 2.24) is 20.1 Å². The van der Waals surface area contributed by atoms with Gasteiger partial charge in [-0.1, -0.05) is 13.8 Å². The van der Waals surface area contributed by atoms with Crippen molar-refractivity contribution >= 4 is 51.0 Å². The van der Waals surface area contributed by atoms with Gasteiger partial charge in [-0.3, -0.25) is 19.2 Å². The molecular weight excluding hydrogens is 568 g/mol. The number of hydrogen-bond donors (Lipinski definition) is 1. The predicted molar refractivity (Wildman–Crippen MR) is 167 cm³/mol. The molecule has 0 spiro atoms. The van der Waals surface area contributed by atoms with Gasteiger partial charge >= 0.3 is 6.09 Å². The fraction of sp³-hybridized carbons (Fsp3) is 0.500. The summed E-state index contributed by atoms with van der Waals surface area (Å²) >= 11 is 1.51. The molecule has 0 fully saturated rings. The van der Waals surface area contributed by atoms with E-state index in [1.54, 1.807) is 59.9 Å². The van der Waals surface area contributed by atoms with Crippen LogP contribution in [0.4, 0.5) is 4.79 Å². The van der Waals surface area contributed by atoms with Crippen LogP contribution in [0.2, 0.25) is 0 Å². The molecule has 0 unspecified atom stereocenters. The smallest absolute Gasteiger partial charge is 0.410 e. The summed E-state index contributed by atoms with van der Waals surface area (Å²) in [5, 5.41) is 3.66. The number of thiazole rings is 1. The molecule has 0 bridgehead atoms. The SMILES string of the molecule is CCNC(=O)CCCN(CCN(C)C(=O)CC(C)(C)C1=C(C)C(=O)C(C)=C(C)C1=O)C(=O)Oc1ccc2nc(C)sc2c1. The number of hydrogen-bond acceptors (Lipinski definition) is 8. The van der Waals surface area contributed by atoms with Crippen molar-refractivity contribution in [2.75, 3.05) is 33.2 Å². The zero-order chi connectivity index (χ0) is 32.1. The first kappa shape index (κ1) is 33.6. The normalized spacial score (nSPS) is 14.0. The second kappa shape index (κ2) is 14.1. The highest BCUT2D eigenvalue weighted by Gasteiger charge is 2.38. The molecule has 0 atom stereocenters. The number of aromatic nitrogens is 1. The standard InChI is InChI=1S/C32H42N4O6S/c1-9-33-26(37)11-10-14-36(31(41)42-23-12-13-24-25(17-23)43-22(5)34-24)16-15-35(8)27(38)18-32(6,7)28-21(4)29(39)19(2)20(3)30(28)40/h12-13,17H,9-11,14-16,18H2,1-8H3,(H,33,37). The lowest BCUT2D eigenvalue weighted by molar-refractivity contribution is -0.132. The minimum absolute atomic E-state index is 0.0113. The third-order valence-corrected chi connectivity index (χ3v) is 8.66. The Balaban J connectivity index is 1.69. The quantitative estimate of drug-likeness (QED) is 0.335. The maximum absolute atomic E-state index is 13.3. The Hall–Kier alpha value is -3.86. The largest absolute Gasteiger partial charge is 0.415 e. The van der Waals surface area contributed by atoms with Crippen LogP contribution in [0, 0.1) is 12.3 Å². The summed E-state index contributed by atoms with van der Waals surface area (Å²) in [6.07, 6.45) is 0.107. The molecule has 1 aliphatic rings. The highest BCUT2D eigenvalue weighted by molar-refractivity contribution is 7.18. The van der Waals surface area contributed by atoms with E-state index in [-0.39, 0.29) is 55.9 Å². The number of nitrogens with one attached hydrogen (secondary N) is 1. The molecule has 0 radical (unpaired) electrons.